The Morgan fingerprint density at radius 3 is 2.54 bits per heavy atom. The fourth-order valence-corrected chi connectivity index (χ4v) is 6.03. The number of rotatable bonds is 7. The summed E-state index contributed by atoms with van der Waals surface area (Å²) < 4.78 is 8.28. The summed E-state index contributed by atoms with van der Waals surface area (Å²) in [4.78, 5) is 15.9. The predicted molar refractivity (Wildman–Crippen MR) is 147 cm³/mol. The third kappa shape index (κ3) is 5.21. The Bertz CT molecular complexity index is 1230. The molecule has 1 aliphatic carbocycles. The first kappa shape index (κ1) is 23.8. The van der Waals surface area contributed by atoms with Gasteiger partial charge in [-0.1, -0.05) is 68.4 Å². The minimum absolute atomic E-state index is 0.0219. The lowest BCUT2D eigenvalue weighted by molar-refractivity contribution is -0.124. The molecule has 1 saturated carbocycles. The number of hydrogen-bond acceptors (Lipinski definition) is 5. The minimum Gasteiger partial charge on any atom is -0.494 e. The van der Waals surface area contributed by atoms with Gasteiger partial charge >= 0.3 is 0 Å². The van der Waals surface area contributed by atoms with Crippen LogP contribution in [0.5, 0.6) is 5.75 Å². The van der Waals surface area contributed by atoms with E-state index in [1.165, 1.54) is 18.2 Å². The van der Waals surface area contributed by atoms with Gasteiger partial charge in [-0.2, -0.15) is 5.10 Å². The normalized spacial score (nSPS) is 18.0. The molecule has 2 heterocycles. The van der Waals surface area contributed by atoms with Crippen molar-refractivity contribution in [1.29, 1.82) is 0 Å². The van der Waals surface area contributed by atoms with Gasteiger partial charge in [0.15, 0.2) is 0 Å². The highest BCUT2D eigenvalue weighted by Crippen LogP contribution is 2.38. The monoisotopic (exact) mass is 503 g/mol. The van der Waals surface area contributed by atoms with Crippen molar-refractivity contribution in [1.82, 2.24) is 14.7 Å². The van der Waals surface area contributed by atoms with Crippen LogP contribution in [0.15, 0.2) is 65.7 Å². The Kier molecular flexibility index (Phi) is 7.35. The Hall–Kier alpha value is -2.90. The molecule has 1 amide bonds. The van der Waals surface area contributed by atoms with Crippen LogP contribution < -0.4 is 4.74 Å². The van der Waals surface area contributed by atoms with E-state index in [4.69, 9.17) is 22.1 Å². The third-order valence-corrected chi connectivity index (χ3v) is 7.74. The number of benzene rings is 2. The van der Waals surface area contributed by atoms with E-state index in [2.05, 4.69) is 6.92 Å². The first-order valence-electron chi connectivity index (χ1n) is 12.3. The van der Waals surface area contributed by atoms with Gasteiger partial charge in [-0.25, -0.2) is 4.68 Å². The van der Waals surface area contributed by atoms with Crippen molar-refractivity contribution in [2.45, 2.75) is 51.5 Å². The molecule has 2 aromatic carbocycles. The Balaban J connectivity index is 1.50. The molecule has 0 unspecified atom stereocenters. The standard InChI is InChI=1S/C28H29N3O2S2/c1-2-17-33-24-15-13-20(14-16-24)26-21(19-30(29-26)22-9-5-3-6-10-22)18-25-27(32)31(28(34)35-25)23-11-7-4-8-12-23/h3,5-6,9-10,13-16,18-19,23H,2,4,7-8,11-12,17H2,1H3. The quantitative estimate of drug-likeness (QED) is 0.260. The SMILES string of the molecule is CCCOc1ccc(-c2nn(-c3ccccc3)cc2C=C2SC(=S)N(C3CCCCC3)C2=O)cc1. The fourth-order valence-electron chi connectivity index (χ4n) is 4.63. The van der Waals surface area contributed by atoms with Crippen molar-refractivity contribution in [3.05, 3.63) is 71.3 Å². The lowest BCUT2D eigenvalue weighted by Gasteiger charge is -2.29. The Labute approximate surface area is 216 Å². The number of thioether (sulfide) groups is 1. The van der Waals surface area contributed by atoms with Crippen LogP contribution in [-0.4, -0.2) is 37.6 Å². The van der Waals surface area contributed by atoms with Gasteiger partial charge in [0.25, 0.3) is 5.91 Å². The molecule has 0 bridgehead atoms. The summed E-state index contributed by atoms with van der Waals surface area (Å²) in [5.74, 6) is 0.863. The summed E-state index contributed by atoms with van der Waals surface area (Å²) in [6.45, 7) is 2.78. The van der Waals surface area contributed by atoms with E-state index < -0.39 is 0 Å². The number of nitrogens with zero attached hydrogens (tertiary/aromatic N) is 3. The highest BCUT2D eigenvalue weighted by Gasteiger charge is 2.37. The molecule has 0 spiro atoms. The van der Waals surface area contributed by atoms with Crippen LogP contribution in [-0.2, 0) is 4.79 Å². The molecule has 1 saturated heterocycles. The van der Waals surface area contributed by atoms with E-state index in [0.717, 1.165) is 60.4 Å². The van der Waals surface area contributed by atoms with E-state index in [-0.39, 0.29) is 11.9 Å². The van der Waals surface area contributed by atoms with E-state index >= 15 is 0 Å². The van der Waals surface area contributed by atoms with Crippen LogP contribution >= 0.6 is 24.0 Å². The molecule has 0 atom stereocenters. The highest BCUT2D eigenvalue weighted by atomic mass is 32.2. The molecule has 0 radical (unpaired) electrons. The number of carbonyl (C=O) groups is 1. The zero-order chi connectivity index (χ0) is 24.2. The molecule has 2 aliphatic rings. The molecule has 35 heavy (non-hydrogen) atoms. The molecule has 7 heteroatoms. The minimum atomic E-state index is 0.0219. The van der Waals surface area contributed by atoms with Crippen molar-refractivity contribution in [2.24, 2.45) is 0 Å². The molecule has 3 aromatic rings. The lowest BCUT2D eigenvalue weighted by atomic mass is 9.94. The maximum absolute atomic E-state index is 13.4. The largest absolute Gasteiger partial charge is 0.494 e. The second-order valence-corrected chi connectivity index (χ2v) is 10.6. The second-order valence-electron chi connectivity index (χ2n) is 8.93. The van der Waals surface area contributed by atoms with E-state index in [1.807, 2.05) is 76.5 Å². The van der Waals surface area contributed by atoms with Gasteiger partial charge in [0.1, 0.15) is 10.1 Å². The number of ether oxygens (including phenoxy) is 1. The van der Waals surface area contributed by atoms with E-state index in [1.54, 1.807) is 0 Å². The molecular weight excluding hydrogens is 474 g/mol. The second kappa shape index (κ2) is 10.8. The van der Waals surface area contributed by atoms with Crippen LogP contribution in [0.1, 0.15) is 51.0 Å². The molecule has 1 aromatic heterocycles. The highest BCUT2D eigenvalue weighted by molar-refractivity contribution is 8.26. The van der Waals surface area contributed by atoms with Gasteiger partial charge in [0.2, 0.25) is 0 Å². The zero-order valence-corrected chi connectivity index (χ0v) is 21.5. The van der Waals surface area contributed by atoms with Gasteiger partial charge in [-0.3, -0.25) is 9.69 Å². The number of para-hydroxylation sites is 1. The molecule has 5 rings (SSSR count). The van der Waals surface area contributed by atoms with Crippen LogP contribution in [0.25, 0.3) is 23.0 Å². The fraction of sp³-hybridized carbons (Fsp3) is 0.321. The van der Waals surface area contributed by atoms with Crippen molar-refractivity contribution < 1.29 is 9.53 Å². The van der Waals surface area contributed by atoms with Crippen molar-refractivity contribution in [3.8, 4) is 22.7 Å². The number of amides is 1. The van der Waals surface area contributed by atoms with Gasteiger partial charge in [0.05, 0.1) is 22.9 Å². The molecule has 180 valence electrons. The first-order valence-corrected chi connectivity index (χ1v) is 13.5. The molecular formula is C28H29N3O2S2. The topological polar surface area (TPSA) is 47.4 Å². The predicted octanol–water partition coefficient (Wildman–Crippen LogP) is 6.86. The average Bonchev–Trinajstić information content (AvgIpc) is 3.44. The summed E-state index contributed by atoms with van der Waals surface area (Å²) in [6.07, 6.45) is 10.5. The summed E-state index contributed by atoms with van der Waals surface area (Å²) in [7, 11) is 0. The van der Waals surface area contributed by atoms with Gasteiger partial charge in [-0.15, -0.1) is 0 Å². The molecule has 5 nitrogen and oxygen atoms in total. The maximum atomic E-state index is 13.4. The zero-order valence-electron chi connectivity index (χ0n) is 19.9. The van der Waals surface area contributed by atoms with Gasteiger partial charge < -0.3 is 4.74 Å². The van der Waals surface area contributed by atoms with Crippen LogP contribution in [0.4, 0.5) is 0 Å². The molecule has 0 N–H and O–H groups in total. The smallest absolute Gasteiger partial charge is 0.266 e. The first-order chi connectivity index (χ1) is 17.1. The number of aromatic nitrogens is 2. The maximum Gasteiger partial charge on any atom is 0.266 e. The van der Waals surface area contributed by atoms with E-state index in [9.17, 15) is 4.79 Å². The lowest BCUT2D eigenvalue weighted by Crippen LogP contribution is -2.39. The average molecular weight is 504 g/mol. The summed E-state index contributed by atoms with van der Waals surface area (Å²) in [5.41, 5.74) is 3.64. The molecule has 2 fully saturated rings. The number of hydrogen-bond donors (Lipinski definition) is 0. The van der Waals surface area contributed by atoms with Crippen LogP contribution in [0.2, 0.25) is 0 Å². The third-order valence-electron chi connectivity index (χ3n) is 6.41. The van der Waals surface area contributed by atoms with Crippen LogP contribution in [0, 0.1) is 0 Å². The van der Waals surface area contributed by atoms with Gasteiger partial charge in [0, 0.05) is 23.4 Å². The molecule has 1 aliphatic heterocycles. The van der Waals surface area contributed by atoms with Crippen molar-refractivity contribution in [3.63, 3.8) is 0 Å². The Morgan fingerprint density at radius 2 is 1.83 bits per heavy atom. The Morgan fingerprint density at radius 1 is 1.09 bits per heavy atom. The summed E-state index contributed by atoms with van der Waals surface area (Å²) in [6, 6.07) is 18.2. The van der Waals surface area contributed by atoms with Crippen molar-refractivity contribution in [2.75, 3.05) is 6.61 Å². The van der Waals surface area contributed by atoms with Gasteiger partial charge in [-0.05, 0) is 61.7 Å². The number of thiocarbonyl (C=S) groups is 1. The summed E-state index contributed by atoms with van der Waals surface area (Å²) >= 11 is 7.04. The van der Waals surface area contributed by atoms with Crippen LogP contribution in [0.3, 0.4) is 0 Å². The number of carbonyl (C=O) groups excluding carboxylic acids is 1. The summed E-state index contributed by atoms with van der Waals surface area (Å²) in [5, 5.41) is 4.90. The van der Waals surface area contributed by atoms with Crippen molar-refractivity contribution >= 4 is 40.3 Å². The van der Waals surface area contributed by atoms with E-state index in [0.29, 0.717) is 15.8 Å².